The third-order valence-electron chi connectivity index (χ3n) is 7.42. The number of benzene rings is 1. The zero-order valence-corrected chi connectivity index (χ0v) is 20.1. The Kier molecular flexibility index (Phi) is 6.39. The fraction of sp³-hybridized carbons (Fsp3) is 0.583. The first kappa shape index (κ1) is 26.1. The first-order valence-corrected chi connectivity index (χ1v) is 11.2. The molecule has 3 heterocycles. The van der Waals surface area contributed by atoms with Crippen LogP contribution in [-0.4, -0.2) is 56.1 Å². The normalized spacial score (nSPS) is 31.1. The van der Waals surface area contributed by atoms with Crippen LogP contribution in [0.15, 0.2) is 12.1 Å². The minimum absolute atomic E-state index is 0.0918. The minimum Gasteiger partial charge on any atom is -0.438 e. The van der Waals surface area contributed by atoms with Crippen molar-refractivity contribution in [2.75, 3.05) is 32.0 Å². The second kappa shape index (κ2) is 8.83. The lowest BCUT2D eigenvalue weighted by atomic mass is 9.64. The van der Waals surface area contributed by atoms with Crippen LogP contribution in [0.3, 0.4) is 0 Å². The molecule has 0 spiro atoms. The topological polar surface area (TPSA) is 115 Å². The molecule has 0 radical (unpaired) electrons. The van der Waals surface area contributed by atoms with Gasteiger partial charge in [0.2, 0.25) is 11.8 Å². The first-order chi connectivity index (χ1) is 16.8. The van der Waals surface area contributed by atoms with E-state index in [2.05, 4.69) is 0 Å². The number of fused-ring (bicyclic) bond motifs is 5. The number of halogens is 3. The number of esters is 1. The molecule has 0 aromatic heterocycles. The number of hydrogen-bond donors (Lipinski definition) is 0. The molecule has 0 aliphatic carbocycles. The SMILES string of the molecule is COCCOCOC(=O)C1C[C@]2(C)O[C@@]1(C)[C@H]1C(=O)N(c3ccc(C#N)c(C(F)(F)F)c3C)C(=O)[C@H]12. The molecule has 12 heteroatoms. The molecule has 2 bridgehead atoms. The molecule has 3 fully saturated rings. The maximum atomic E-state index is 13.7. The molecular formula is C24H25F3N2O7. The zero-order valence-electron chi connectivity index (χ0n) is 20.1. The van der Waals surface area contributed by atoms with Gasteiger partial charge in [-0.15, -0.1) is 0 Å². The highest BCUT2D eigenvalue weighted by atomic mass is 19.4. The van der Waals surface area contributed by atoms with Crippen molar-refractivity contribution >= 4 is 23.5 Å². The number of imide groups is 1. The molecule has 4 rings (SSSR count). The van der Waals surface area contributed by atoms with Crippen LogP contribution in [-0.2, 0) is 39.5 Å². The van der Waals surface area contributed by atoms with Crippen molar-refractivity contribution in [1.29, 1.82) is 5.26 Å². The van der Waals surface area contributed by atoms with Gasteiger partial charge in [0.1, 0.15) is 0 Å². The van der Waals surface area contributed by atoms with Crippen LogP contribution in [0.25, 0.3) is 0 Å². The number of ether oxygens (including phenoxy) is 4. The molecule has 1 aromatic carbocycles. The summed E-state index contributed by atoms with van der Waals surface area (Å²) in [4.78, 5) is 40.7. The number of methoxy groups -OCH3 is 1. The fourth-order valence-corrected chi connectivity index (χ4v) is 5.91. The highest BCUT2D eigenvalue weighted by molar-refractivity contribution is 6.24. The third kappa shape index (κ3) is 3.77. The summed E-state index contributed by atoms with van der Waals surface area (Å²) in [6, 6.07) is 3.61. The predicted octanol–water partition coefficient (Wildman–Crippen LogP) is 2.72. The molecular weight excluding hydrogens is 485 g/mol. The van der Waals surface area contributed by atoms with Crippen LogP contribution in [0.5, 0.6) is 0 Å². The highest BCUT2D eigenvalue weighted by Crippen LogP contribution is 2.63. The zero-order chi connectivity index (χ0) is 26.6. The number of nitrogens with zero attached hydrogens (tertiary/aromatic N) is 2. The van der Waals surface area contributed by atoms with E-state index in [9.17, 15) is 27.6 Å². The lowest BCUT2D eigenvalue weighted by Gasteiger charge is -2.33. The van der Waals surface area contributed by atoms with E-state index in [-0.39, 0.29) is 25.5 Å². The first-order valence-electron chi connectivity index (χ1n) is 11.2. The van der Waals surface area contributed by atoms with Crippen LogP contribution >= 0.6 is 0 Å². The Morgan fingerprint density at radius 3 is 2.50 bits per heavy atom. The van der Waals surface area contributed by atoms with Crippen molar-refractivity contribution in [3.8, 4) is 6.07 Å². The predicted molar refractivity (Wildman–Crippen MR) is 115 cm³/mol. The van der Waals surface area contributed by atoms with E-state index in [0.29, 0.717) is 6.61 Å². The number of anilines is 1. The van der Waals surface area contributed by atoms with Gasteiger partial charge in [-0.25, -0.2) is 4.90 Å². The third-order valence-corrected chi connectivity index (χ3v) is 7.42. The molecule has 3 aliphatic heterocycles. The second-order valence-corrected chi connectivity index (χ2v) is 9.55. The van der Waals surface area contributed by atoms with Crippen LogP contribution in [0, 0.1) is 36.0 Å². The van der Waals surface area contributed by atoms with Gasteiger partial charge < -0.3 is 18.9 Å². The van der Waals surface area contributed by atoms with E-state index >= 15 is 0 Å². The average Bonchev–Trinajstić information content (AvgIpc) is 3.33. The van der Waals surface area contributed by atoms with Crippen molar-refractivity contribution in [1.82, 2.24) is 0 Å². The van der Waals surface area contributed by atoms with Gasteiger partial charge in [0.05, 0.1) is 65.1 Å². The van der Waals surface area contributed by atoms with Gasteiger partial charge >= 0.3 is 12.1 Å². The molecule has 3 saturated heterocycles. The van der Waals surface area contributed by atoms with Crippen LogP contribution in [0.4, 0.5) is 18.9 Å². The Labute approximate surface area is 205 Å². The number of nitriles is 1. The minimum atomic E-state index is -4.87. The van der Waals surface area contributed by atoms with Crippen molar-refractivity contribution in [3.63, 3.8) is 0 Å². The second-order valence-electron chi connectivity index (χ2n) is 9.55. The fourth-order valence-electron chi connectivity index (χ4n) is 5.91. The van der Waals surface area contributed by atoms with Crippen molar-refractivity contribution < 1.29 is 46.5 Å². The lowest BCUT2D eigenvalue weighted by molar-refractivity contribution is -0.169. The Hall–Kier alpha value is -3.01. The van der Waals surface area contributed by atoms with Gasteiger partial charge in [-0.3, -0.25) is 14.4 Å². The van der Waals surface area contributed by atoms with E-state index in [0.717, 1.165) is 24.0 Å². The van der Waals surface area contributed by atoms with E-state index in [4.69, 9.17) is 24.2 Å². The summed E-state index contributed by atoms with van der Waals surface area (Å²) in [6.45, 7) is 4.45. The highest BCUT2D eigenvalue weighted by Gasteiger charge is 2.77. The summed E-state index contributed by atoms with van der Waals surface area (Å²) in [6.07, 6.45) is -4.78. The van der Waals surface area contributed by atoms with Crippen LogP contribution in [0.1, 0.15) is 37.0 Å². The van der Waals surface area contributed by atoms with Crippen molar-refractivity contribution in [2.45, 2.75) is 44.6 Å². The van der Waals surface area contributed by atoms with Gasteiger partial charge in [-0.05, 0) is 44.9 Å². The largest absolute Gasteiger partial charge is 0.438 e. The monoisotopic (exact) mass is 510 g/mol. The van der Waals surface area contributed by atoms with Crippen molar-refractivity contribution in [2.24, 2.45) is 17.8 Å². The molecule has 0 saturated carbocycles. The number of carbonyl (C=O) groups excluding carboxylic acids is 3. The molecule has 2 amide bonds. The molecule has 36 heavy (non-hydrogen) atoms. The molecule has 5 atom stereocenters. The number of alkyl halides is 3. The summed E-state index contributed by atoms with van der Waals surface area (Å²) < 4.78 is 62.5. The van der Waals surface area contributed by atoms with E-state index in [1.807, 2.05) is 0 Å². The summed E-state index contributed by atoms with van der Waals surface area (Å²) in [5.41, 5.74) is -5.07. The Morgan fingerprint density at radius 1 is 1.22 bits per heavy atom. The Morgan fingerprint density at radius 2 is 1.89 bits per heavy atom. The molecule has 9 nitrogen and oxygen atoms in total. The van der Waals surface area contributed by atoms with Gasteiger partial charge in [0.15, 0.2) is 6.79 Å². The molecule has 3 aliphatic rings. The number of amides is 2. The molecule has 194 valence electrons. The van der Waals surface area contributed by atoms with Gasteiger partial charge in [0.25, 0.3) is 0 Å². The van der Waals surface area contributed by atoms with Crippen molar-refractivity contribution in [3.05, 3.63) is 28.8 Å². The number of rotatable bonds is 7. The van der Waals surface area contributed by atoms with E-state index in [1.165, 1.54) is 13.2 Å². The summed E-state index contributed by atoms with van der Waals surface area (Å²) in [5.74, 6) is -5.09. The Bertz CT molecular complexity index is 1160. The van der Waals surface area contributed by atoms with Crippen LogP contribution < -0.4 is 4.90 Å². The summed E-state index contributed by atoms with van der Waals surface area (Å²) >= 11 is 0. The standard InChI is InChI=1S/C24H25F3N2O7/c1-12-15(6-5-13(10-28)16(12)24(25,26)27)29-19(30)17-18(20(29)31)23(3)14(9-22(17,2)36-23)21(32)35-11-34-8-7-33-4/h5-6,14,17-18H,7-9,11H2,1-4H3/t14?,17-,18+,22-,23+/m0/s1. The quantitative estimate of drug-likeness (QED) is 0.238. The summed E-state index contributed by atoms with van der Waals surface area (Å²) in [5, 5.41) is 9.16. The molecule has 1 unspecified atom stereocenters. The maximum absolute atomic E-state index is 13.7. The Balaban J connectivity index is 1.65. The average molecular weight is 510 g/mol. The van der Waals surface area contributed by atoms with Crippen LogP contribution in [0.2, 0.25) is 0 Å². The van der Waals surface area contributed by atoms with E-state index in [1.54, 1.807) is 13.8 Å². The van der Waals surface area contributed by atoms with Gasteiger partial charge in [0, 0.05) is 7.11 Å². The lowest BCUT2D eigenvalue weighted by Crippen LogP contribution is -2.49. The molecule has 0 N–H and O–H groups in total. The molecule has 1 aromatic rings. The van der Waals surface area contributed by atoms with Gasteiger partial charge in [-0.2, -0.15) is 18.4 Å². The number of carbonyl (C=O) groups is 3. The smallest absolute Gasteiger partial charge is 0.418 e. The van der Waals surface area contributed by atoms with Gasteiger partial charge in [-0.1, -0.05) is 0 Å². The van der Waals surface area contributed by atoms with E-state index < -0.39 is 69.6 Å². The maximum Gasteiger partial charge on any atom is 0.418 e. The number of hydrogen-bond acceptors (Lipinski definition) is 8. The summed E-state index contributed by atoms with van der Waals surface area (Å²) in [7, 11) is 1.49.